The minimum atomic E-state index is -0.524. The molecular formula is C21H23FN2O3. The lowest BCUT2D eigenvalue weighted by Crippen LogP contribution is -2.51. The molecule has 2 amide bonds. The number of hydrogen-bond donors (Lipinski definition) is 0. The molecule has 1 heterocycles. The average Bonchev–Trinajstić information content (AvgIpc) is 2.72. The van der Waals surface area contributed by atoms with Crippen LogP contribution < -0.4 is 4.74 Å². The van der Waals surface area contributed by atoms with Crippen LogP contribution in [-0.4, -0.2) is 54.4 Å². The lowest BCUT2D eigenvalue weighted by molar-refractivity contribution is -0.134. The van der Waals surface area contributed by atoms with E-state index in [9.17, 15) is 14.0 Å². The quantitative estimate of drug-likeness (QED) is 0.813. The molecule has 6 heteroatoms. The molecule has 0 atom stereocenters. The smallest absolute Gasteiger partial charge is 0.260 e. The molecule has 2 aromatic rings. The van der Waals surface area contributed by atoms with E-state index in [0.29, 0.717) is 26.2 Å². The van der Waals surface area contributed by atoms with Crippen LogP contribution in [0.5, 0.6) is 5.75 Å². The van der Waals surface area contributed by atoms with Crippen molar-refractivity contribution >= 4 is 11.8 Å². The summed E-state index contributed by atoms with van der Waals surface area (Å²) in [6, 6.07) is 13.6. The molecule has 5 nitrogen and oxygen atoms in total. The molecule has 0 spiro atoms. The van der Waals surface area contributed by atoms with Gasteiger partial charge in [-0.2, -0.15) is 0 Å². The molecule has 0 bridgehead atoms. The van der Waals surface area contributed by atoms with E-state index in [1.165, 1.54) is 12.1 Å². The predicted molar refractivity (Wildman–Crippen MR) is 100 cm³/mol. The summed E-state index contributed by atoms with van der Waals surface area (Å²) >= 11 is 0. The Morgan fingerprint density at radius 2 is 1.59 bits per heavy atom. The van der Waals surface area contributed by atoms with Gasteiger partial charge in [-0.25, -0.2) is 4.39 Å². The Balaban J connectivity index is 1.52. The first-order valence-electron chi connectivity index (χ1n) is 9.12. The monoisotopic (exact) mass is 370 g/mol. The van der Waals surface area contributed by atoms with Crippen molar-refractivity contribution in [2.45, 2.75) is 13.3 Å². The zero-order valence-electron chi connectivity index (χ0n) is 15.4. The van der Waals surface area contributed by atoms with E-state index < -0.39 is 5.82 Å². The molecule has 0 aliphatic carbocycles. The van der Waals surface area contributed by atoms with E-state index in [0.717, 1.165) is 17.7 Å². The normalized spacial score (nSPS) is 14.1. The number of aryl methyl sites for hydroxylation is 1. The van der Waals surface area contributed by atoms with E-state index in [1.54, 1.807) is 21.9 Å². The second-order valence-electron chi connectivity index (χ2n) is 6.40. The van der Waals surface area contributed by atoms with Crippen molar-refractivity contribution < 1.29 is 18.7 Å². The van der Waals surface area contributed by atoms with Gasteiger partial charge in [0.2, 0.25) is 0 Å². The molecule has 0 saturated carbocycles. The summed E-state index contributed by atoms with van der Waals surface area (Å²) in [6.07, 6.45) is 0.835. The Morgan fingerprint density at radius 3 is 2.30 bits per heavy atom. The third-order valence-electron chi connectivity index (χ3n) is 4.73. The lowest BCUT2D eigenvalue weighted by atomic mass is 10.1. The van der Waals surface area contributed by atoms with Gasteiger partial charge < -0.3 is 14.5 Å². The Labute approximate surface area is 158 Å². The highest BCUT2D eigenvalue weighted by Gasteiger charge is 2.26. The minimum Gasteiger partial charge on any atom is -0.483 e. The highest BCUT2D eigenvalue weighted by Crippen LogP contribution is 2.18. The number of ether oxygens (including phenoxy) is 1. The number of benzene rings is 2. The number of hydrogen-bond acceptors (Lipinski definition) is 3. The predicted octanol–water partition coefficient (Wildman–Crippen LogP) is 2.75. The molecule has 3 rings (SSSR count). The van der Waals surface area contributed by atoms with E-state index >= 15 is 0 Å². The van der Waals surface area contributed by atoms with Crippen molar-refractivity contribution in [1.82, 2.24) is 9.80 Å². The van der Waals surface area contributed by atoms with Crippen molar-refractivity contribution in [2.24, 2.45) is 0 Å². The minimum absolute atomic E-state index is 0.0295. The average molecular weight is 370 g/mol. The third kappa shape index (κ3) is 4.45. The molecule has 27 heavy (non-hydrogen) atoms. The van der Waals surface area contributed by atoms with E-state index in [2.05, 4.69) is 0 Å². The van der Waals surface area contributed by atoms with E-state index in [1.807, 2.05) is 31.2 Å². The number of halogens is 1. The molecule has 1 fully saturated rings. The number of carbonyl (C=O) groups is 2. The SMILES string of the molecule is CCc1ccccc1OCC(=O)N1CCN(C(=O)c2ccccc2F)CC1. The van der Waals surface area contributed by atoms with Crippen molar-refractivity contribution in [3.63, 3.8) is 0 Å². The number of carbonyl (C=O) groups excluding carboxylic acids is 2. The van der Waals surface area contributed by atoms with Crippen LogP contribution in [0.15, 0.2) is 48.5 Å². The fourth-order valence-corrected chi connectivity index (χ4v) is 3.13. The summed E-state index contributed by atoms with van der Waals surface area (Å²) in [6.45, 7) is 3.60. The molecule has 0 N–H and O–H groups in total. The van der Waals surface area contributed by atoms with Gasteiger partial charge in [-0.3, -0.25) is 9.59 Å². The van der Waals surface area contributed by atoms with E-state index in [4.69, 9.17) is 4.74 Å². The first kappa shape index (κ1) is 18.9. The van der Waals surface area contributed by atoms with Crippen LogP contribution in [0.2, 0.25) is 0 Å². The van der Waals surface area contributed by atoms with Crippen molar-refractivity contribution in [1.29, 1.82) is 0 Å². The number of amides is 2. The molecule has 1 aliphatic rings. The van der Waals surface area contributed by atoms with Gasteiger partial charge >= 0.3 is 0 Å². The molecule has 1 aliphatic heterocycles. The molecule has 142 valence electrons. The summed E-state index contributed by atoms with van der Waals surface area (Å²) in [7, 11) is 0. The largest absolute Gasteiger partial charge is 0.483 e. The highest BCUT2D eigenvalue weighted by molar-refractivity contribution is 5.94. The van der Waals surface area contributed by atoms with Crippen LogP contribution in [0.3, 0.4) is 0 Å². The van der Waals surface area contributed by atoms with Gasteiger partial charge in [0.15, 0.2) is 6.61 Å². The molecular weight excluding hydrogens is 347 g/mol. The molecule has 0 aromatic heterocycles. The maximum Gasteiger partial charge on any atom is 0.260 e. The van der Waals surface area contributed by atoms with Crippen LogP contribution in [0.4, 0.5) is 4.39 Å². The summed E-state index contributed by atoms with van der Waals surface area (Å²) in [5, 5.41) is 0. The Morgan fingerprint density at radius 1 is 0.963 bits per heavy atom. The fourth-order valence-electron chi connectivity index (χ4n) is 3.13. The molecule has 0 radical (unpaired) electrons. The van der Waals surface area contributed by atoms with Crippen molar-refractivity contribution in [2.75, 3.05) is 32.8 Å². The second kappa shape index (κ2) is 8.66. The van der Waals surface area contributed by atoms with Gasteiger partial charge in [0.25, 0.3) is 11.8 Å². The third-order valence-corrected chi connectivity index (χ3v) is 4.73. The number of rotatable bonds is 5. The Bertz CT molecular complexity index is 817. The number of piperazine rings is 1. The van der Waals surface area contributed by atoms with Crippen LogP contribution in [0.25, 0.3) is 0 Å². The van der Waals surface area contributed by atoms with Crippen LogP contribution in [0.1, 0.15) is 22.8 Å². The fraction of sp³-hybridized carbons (Fsp3) is 0.333. The topological polar surface area (TPSA) is 49.9 Å². The summed E-state index contributed by atoms with van der Waals surface area (Å²) in [5.41, 5.74) is 1.13. The maximum atomic E-state index is 13.8. The van der Waals surface area contributed by atoms with Gasteiger partial charge in [0, 0.05) is 26.2 Å². The zero-order valence-corrected chi connectivity index (χ0v) is 15.4. The van der Waals surface area contributed by atoms with Gasteiger partial charge in [-0.05, 0) is 30.2 Å². The Kier molecular flexibility index (Phi) is 6.06. The standard InChI is InChI=1S/C21H23FN2O3/c1-2-16-7-3-6-10-19(16)27-15-20(25)23-11-13-24(14-12-23)21(26)17-8-4-5-9-18(17)22/h3-10H,2,11-15H2,1H3. The first-order chi connectivity index (χ1) is 13.1. The van der Waals surface area contributed by atoms with Crippen LogP contribution in [0, 0.1) is 5.82 Å². The molecule has 1 saturated heterocycles. The van der Waals surface area contributed by atoms with Crippen molar-refractivity contribution in [3.05, 3.63) is 65.5 Å². The summed E-state index contributed by atoms with van der Waals surface area (Å²) in [5.74, 6) is -0.252. The maximum absolute atomic E-state index is 13.8. The van der Waals surface area contributed by atoms with Crippen molar-refractivity contribution in [3.8, 4) is 5.75 Å². The first-order valence-corrected chi connectivity index (χ1v) is 9.12. The van der Waals surface area contributed by atoms with Crippen LogP contribution in [-0.2, 0) is 11.2 Å². The van der Waals surface area contributed by atoms with Gasteiger partial charge in [-0.15, -0.1) is 0 Å². The lowest BCUT2D eigenvalue weighted by Gasteiger charge is -2.34. The van der Waals surface area contributed by atoms with E-state index in [-0.39, 0.29) is 24.0 Å². The Hall–Kier alpha value is -2.89. The molecule has 2 aromatic carbocycles. The highest BCUT2D eigenvalue weighted by atomic mass is 19.1. The van der Waals surface area contributed by atoms with Gasteiger partial charge in [0.05, 0.1) is 5.56 Å². The zero-order chi connectivity index (χ0) is 19.2. The van der Waals surface area contributed by atoms with Gasteiger partial charge in [0.1, 0.15) is 11.6 Å². The summed E-state index contributed by atoms with van der Waals surface area (Å²) in [4.78, 5) is 28.1. The molecule has 0 unspecified atom stereocenters. The van der Waals surface area contributed by atoms with Gasteiger partial charge in [-0.1, -0.05) is 37.3 Å². The summed E-state index contributed by atoms with van der Waals surface area (Å²) < 4.78 is 19.5. The number of nitrogens with zero attached hydrogens (tertiary/aromatic N) is 2. The van der Waals surface area contributed by atoms with Crippen LogP contribution >= 0.6 is 0 Å². The second-order valence-corrected chi connectivity index (χ2v) is 6.40. The number of para-hydroxylation sites is 1.